The first kappa shape index (κ1) is 14.4. The number of imidazole rings is 1. The van der Waals surface area contributed by atoms with Crippen LogP contribution in [0.1, 0.15) is 18.0 Å². The van der Waals surface area contributed by atoms with Crippen LogP contribution in [0.2, 0.25) is 0 Å². The van der Waals surface area contributed by atoms with Gasteiger partial charge in [-0.05, 0) is 24.1 Å². The van der Waals surface area contributed by atoms with Crippen molar-refractivity contribution in [3.8, 4) is 0 Å². The number of nitrogens with zero attached hydrogens (tertiary/aromatic N) is 3. The predicted octanol–water partition coefficient (Wildman–Crippen LogP) is 4.15. The molecule has 1 unspecified atom stereocenters. The molecule has 0 amide bonds. The zero-order valence-corrected chi connectivity index (χ0v) is 12.8. The second-order valence-electron chi connectivity index (χ2n) is 5.46. The second-order valence-corrected chi connectivity index (χ2v) is 5.46. The number of aryl methyl sites for hydroxylation is 1. The highest BCUT2D eigenvalue weighted by molar-refractivity contribution is 5.47. The third-order valence-corrected chi connectivity index (χ3v) is 4.04. The molecular weight excluding hydrogens is 270 g/mol. The van der Waals surface area contributed by atoms with Crippen molar-refractivity contribution in [3.63, 3.8) is 0 Å². The first-order valence-electron chi connectivity index (χ1n) is 7.63. The average molecular weight is 291 g/mol. The summed E-state index contributed by atoms with van der Waals surface area (Å²) < 4.78 is 2.13. The Labute approximate surface area is 131 Å². The summed E-state index contributed by atoms with van der Waals surface area (Å²) in [5, 5.41) is 0. The molecule has 0 bridgehead atoms. The Morgan fingerprint density at radius 1 is 1.00 bits per heavy atom. The van der Waals surface area contributed by atoms with Crippen molar-refractivity contribution in [2.24, 2.45) is 0 Å². The predicted molar refractivity (Wildman–Crippen MR) is 90.9 cm³/mol. The molecule has 0 saturated heterocycles. The minimum absolute atomic E-state index is 0.339. The lowest BCUT2D eigenvalue weighted by molar-refractivity contribution is 0.540. The van der Waals surface area contributed by atoms with E-state index in [1.54, 1.807) is 0 Å². The highest BCUT2D eigenvalue weighted by Gasteiger charge is 2.17. The van der Waals surface area contributed by atoms with Gasteiger partial charge in [-0.3, -0.25) is 0 Å². The normalized spacial score (nSPS) is 12.0. The molecule has 1 heterocycles. The molecule has 1 aromatic heterocycles. The molecule has 3 nitrogen and oxygen atoms in total. The van der Waals surface area contributed by atoms with E-state index in [0.717, 1.165) is 13.0 Å². The van der Waals surface area contributed by atoms with E-state index in [2.05, 4.69) is 82.2 Å². The topological polar surface area (TPSA) is 21.1 Å². The largest absolute Gasteiger partial charge is 0.367 e. The van der Waals surface area contributed by atoms with Crippen LogP contribution in [0.5, 0.6) is 0 Å². The van der Waals surface area contributed by atoms with Crippen molar-refractivity contribution in [1.82, 2.24) is 9.55 Å². The Balaban J connectivity index is 1.82. The van der Waals surface area contributed by atoms with Gasteiger partial charge in [0, 0.05) is 31.7 Å². The first-order chi connectivity index (χ1) is 10.8. The van der Waals surface area contributed by atoms with E-state index in [-0.39, 0.29) is 0 Å². The molecule has 22 heavy (non-hydrogen) atoms. The van der Waals surface area contributed by atoms with Gasteiger partial charge >= 0.3 is 0 Å². The van der Waals surface area contributed by atoms with Gasteiger partial charge in [0.2, 0.25) is 0 Å². The molecule has 0 aliphatic heterocycles. The third-order valence-electron chi connectivity index (χ3n) is 4.04. The Bertz CT molecular complexity index is 662. The highest BCUT2D eigenvalue weighted by atomic mass is 15.1. The summed E-state index contributed by atoms with van der Waals surface area (Å²) in [6.45, 7) is 0.955. The van der Waals surface area contributed by atoms with Crippen LogP contribution in [0.25, 0.3) is 0 Å². The minimum Gasteiger partial charge on any atom is -0.367 e. The summed E-state index contributed by atoms with van der Waals surface area (Å²) in [5.41, 5.74) is 2.58. The van der Waals surface area contributed by atoms with Gasteiger partial charge in [0.15, 0.2) is 0 Å². The molecule has 3 rings (SSSR count). The lowest BCUT2D eigenvalue weighted by Gasteiger charge is -2.31. The summed E-state index contributed by atoms with van der Waals surface area (Å²) in [6.07, 6.45) is 6.76. The van der Waals surface area contributed by atoms with Crippen molar-refractivity contribution >= 4 is 5.69 Å². The standard InChI is InChI=1S/C19H21N3/c1-21(18-10-6-3-7-11-18)19(17-8-4-2-5-9-17)12-14-22-15-13-20-16-22/h2-11,13,15-16,19H,12,14H2,1H3. The monoisotopic (exact) mass is 291 g/mol. The highest BCUT2D eigenvalue weighted by Crippen LogP contribution is 2.28. The minimum atomic E-state index is 0.339. The number of para-hydroxylation sites is 1. The van der Waals surface area contributed by atoms with E-state index >= 15 is 0 Å². The van der Waals surface area contributed by atoms with Crippen LogP contribution in [0, 0.1) is 0 Å². The molecule has 0 fully saturated rings. The molecule has 1 atom stereocenters. The van der Waals surface area contributed by atoms with Crippen molar-refractivity contribution in [3.05, 3.63) is 84.9 Å². The molecule has 0 aliphatic carbocycles. The summed E-state index contributed by atoms with van der Waals surface area (Å²) in [7, 11) is 2.17. The molecule has 0 N–H and O–H groups in total. The van der Waals surface area contributed by atoms with Gasteiger partial charge in [0.25, 0.3) is 0 Å². The summed E-state index contributed by atoms with van der Waals surface area (Å²) >= 11 is 0. The van der Waals surface area contributed by atoms with Crippen molar-refractivity contribution in [2.75, 3.05) is 11.9 Å². The van der Waals surface area contributed by atoms with E-state index in [1.165, 1.54) is 11.3 Å². The van der Waals surface area contributed by atoms with E-state index in [4.69, 9.17) is 0 Å². The van der Waals surface area contributed by atoms with E-state index in [1.807, 2.05) is 18.7 Å². The van der Waals surface area contributed by atoms with Crippen LogP contribution in [0.3, 0.4) is 0 Å². The first-order valence-corrected chi connectivity index (χ1v) is 7.63. The summed E-state index contributed by atoms with van der Waals surface area (Å²) in [4.78, 5) is 6.48. The Hall–Kier alpha value is -2.55. The van der Waals surface area contributed by atoms with E-state index in [0.29, 0.717) is 6.04 Å². The summed E-state index contributed by atoms with van der Waals surface area (Å²) in [6, 6.07) is 21.6. The lowest BCUT2D eigenvalue weighted by atomic mass is 10.0. The van der Waals surface area contributed by atoms with Crippen LogP contribution in [-0.4, -0.2) is 16.6 Å². The molecule has 0 radical (unpaired) electrons. The van der Waals surface area contributed by atoms with Gasteiger partial charge < -0.3 is 9.47 Å². The number of benzene rings is 2. The number of aromatic nitrogens is 2. The van der Waals surface area contributed by atoms with Gasteiger partial charge in [-0.25, -0.2) is 4.98 Å². The average Bonchev–Trinajstić information content (AvgIpc) is 3.10. The fraction of sp³-hybridized carbons (Fsp3) is 0.211. The Morgan fingerprint density at radius 3 is 2.32 bits per heavy atom. The second kappa shape index (κ2) is 6.94. The smallest absolute Gasteiger partial charge is 0.0945 e. The maximum absolute atomic E-state index is 4.13. The van der Waals surface area contributed by atoms with Crippen molar-refractivity contribution in [1.29, 1.82) is 0 Å². The van der Waals surface area contributed by atoms with Crippen LogP contribution in [0.15, 0.2) is 79.4 Å². The molecule has 0 spiro atoms. The SMILES string of the molecule is CN(c1ccccc1)C(CCn1ccnc1)c1ccccc1. The lowest BCUT2D eigenvalue weighted by Crippen LogP contribution is -2.25. The summed E-state index contributed by atoms with van der Waals surface area (Å²) in [5.74, 6) is 0. The zero-order chi connectivity index (χ0) is 15.2. The Morgan fingerprint density at radius 2 is 1.68 bits per heavy atom. The van der Waals surface area contributed by atoms with Crippen molar-refractivity contribution in [2.45, 2.75) is 19.0 Å². The zero-order valence-electron chi connectivity index (χ0n) is 12.8. The maximum atomic E-state index is 4.13. The van der Waals surface area contributed by atoms with Crippen LogP contribution in [-0.2, 0) is 6.54 Å². The fourth-order valence-corrected chi connectivity index (χ4v) is 2.79. The van der Waals surface area contributed by atoms with Gasteiger partial charge in [0.05, 0.1) is 12.4 Å². The van der Waals surface area contributed by atoms with Gasteiger partial charge in [-0.2, -0.15) is 0 Å². The third kappa shape index (κ3) is 3.37. The van der Waals surface area contributed by atoms with Gasteiger partial charge in [0.1, 0.15) is 0 Å². The molecule has 112 valence electrons. The van der Waals surface area contributed by atoms with E-state index in [9.17, 15) is 0 Å². The fourth-order valence-electron chi connectivity index (χ4n) is 2.79. The van der Waals surface area contributed by atoms with Gasteiger partial charge in [-0.15, -0.1) is 0 Å². The van der Waals surface area contributed by atoms with Crippen LogP contribution < -0.4 is 4.90 Å². The van der Waals surface area contributed by atoms with Crippen molar-refractivity contribution < 1.29 is 0 Å². The van der Waals surface area contributed by atoms with Crippen LogP contribution in [0.4, 0.5) is 5.69 Å². The quantitative estimate of drug-likeness (QED) is 0.680. The molecule has 0 saturated carbocycles. The number of rotatable bonds is 6. The Kier molecular flexibility index (Phi) is 4.54. The maximum Gasteiger partial charge on any atom is 0.0945 e. The molecule has 0 aliphatic rings. The molecular formula is C19H21N3. The van der Waals surface area contributed by atoms with Crippen LogP contribution >= 0.6 is 0 Å². The van der Waals surface area contributed by atoms with Gasteiger partial charge in [-0.1, -0.05) is 48.5 Å². The number of hydrogen-bond acceptors (Lipinski definition) is 2. The number of hydrogen-bond donors (Lipinski definition) is 0. The number of anilines is 1. The van der Waals surface area contributed by atoms with E-state index < -0.39 is 0 Å². The molecule has 3 heteroatoms. The molecule has 2 aromatic carbocycles. The molecule has 3 aromatic rings.